The van der Waals surface area contributed by atoms with Gasteiger partial charge < -0.3 is 5.11 Å². The topological polar surface area (TPSA) is 76.4 Å². The van der Waals surface area contributed by atoms with Gasteiger partial charge in [-0.25, -0.2) is 17.2 Å². The van der Waals surface area contributed by atoms with Gasteiger partial charge in [-0.05, 0) is 35.7 Å². The molecule has 0 saturated carbocycles. The molecule has 1 atom stereocenters. The molecule has 1 unspecified atom stereocenters. The molecule has 0 saturated heterocycles. The smallest absolute Gasteiger partial charge is 0.335 e. The number of halogens is 1. The van der Waals surface area contributed by atoms with Crippen LogP contribution in [0.4, 0.5) is 0 Å². The Labute approximate surface area is 142 Å². The van der Waals surface area contributed by atoms with Gasteiger partial charge in [0.2, 0.25) is 10.0 Å². The van der Waals surface area contributed by atoms with Crippen LogP contribution in [0.15, 0.2) is 53.2 Å². The summed E-state index contributed by atoms with van der Waals surface area (Å²) in [4.78, 5) is 11.0. The van der Waals surface area contributed by atoms with Crippen LogP contribution in [-0.4, -0.2) is 28.2 Å². The maximum atomic E-state index is 13.1. The number of fused-ring (bicyclic) bond motifs is 1. The van der Waals surface area contributed by atoms with Gasteiger partial charge in [0.05, 0.1) is 11.1 Å². The van der Waals surface area contributed by atoms with Crippen molar-refractivity contribution in [2.45, 2.75) is 18.1 Å². The van der Waals surface area contributed by atoms with Crippen LogP contribution in [0.5, 0.6) is 0 Å². The van der Waals surface area contributed by atoms with Gasteiger partial charge in [0, 0.05) is 18.0 Å². The number of carboxylic acid groups (broad SMARTS) is 1. The van der Waals surface area contributed by atoms with E-state index in [-0.39, 0.29) is 5.56 Å². The number of rotatable bonds is 3. The minimum Gasteiger partial charge on any atom is -0.478 e. The zero-order valence-corrected chi connectivity index (χ0v) is 14.6. The fraction of sp³-hybridized carbons (Fsp3) is 0.188. The third-order valence-corrected chi connectivity index (χ3v) is 6.84. The van der Waals surface area contributed by atoms with Gasteiger partial charge in [-0.2, -0.15) is 0 Å². The summed E-state index contributed by atoms with van der Waals surface area (Å²) < 4.78 is 27.2. The van der Waals surface area contributed by atoms with Crippen LogP contribution in [0.1, 0.15) is 23.7 Å². The predicted molar refractivity (Wildman–Crippen MR) is 92.4 cm³/mol. The molecule has 23 heavy (non-hydrogen) atoms. The van der Waals surface area contributed by atoms with E-state index in [2.05, 4.69) is 15.9 Å². The monoisotopic (exact) mass is 395 g/mol. The van der Waals surface area contributed by atoms with E-state index in [0.29, 0.717) is 17.3 Å². The molecule has 1 aliphatic rings. The van der Waals surface area contributed by atoms with E-state index < -0.39 is 20.7 Å². The first-order chi connectivity index (χ1) is 10.7. The Kier molecular flexibility index (Phi) is 3.72. The van der Waals surface area contributed by atoms with Crippen molar-refractivity contribution in [3.63, 3.8) is 0 Å². The highest BCUT2D eigenvalue weighted by Crippen LogP contribution is 2.35. The summed E-state index contributed by atoms with van der Waals surface area (Å²) in [5.41, 5.74) is 0.595. The summed E-state index contributed by atoms with van der Waals surface area (Å²) in [6.45, 7) is 1.67. The maximum Gasteiger partial charge on any atom is 0.335 e. The number of nitrogens with zero attached hydrogens (tertiary/aromatic N) is 1. The lowest BCUT2D eigenvalue weighted by molar-refractivity contribution is 0.0697. The summed E-state index contributed by atoms with van der Waals surface area (Å²) in [6, 6.07) is 6.02. The Morgan fingerprint density at radius 1 is 1.35 bits per heavy atom. The standard InChI is InChI=1S/C16H14BrNO4S/c1-16(7-2-3-13(17)10-16)23(21,22)18-8-6-11-9-12(15(19)20)4-5-14(11)18/h2-9H,10H2,1H3,(H,19,20). The molecule has 0 bridgehead atoms. The van der Waals surface area contributed by atoms with Crippen molar-refractivity contribution >= 4 is 42.8 Å². The predicted octanol–water partition coefficient (Wildman–Crippen LogP) is 3.51. The first kappa shape index (κ1) is 16.0. The van der Waals surface area contributed by atoms with Gasteiger partial charge in [0.15, 0.2) is 0 Å². The van der Waals surface area contributed by atoms with Crippen LogP contribution in [0.25, 0.3) is 10.9 Å². The number of carboxylic acids is 1. The van der Waals surface area contributed by atoms with Gasteiger partial charge in [-0.15, -0.1) is 0 Å². The van der Waals surface area contributed by atoms with Crippen molar-refractivity contribution < 1.29 is 18.3 Å². The van der Waals surface area contributed by atoms with E-state index >= 15 is 0 Å². The molecule has 7 heteroatoms. The van der Waals surface area contributed by atoms with Crippen LogP contribution in [0.3, 0.4) is 0 Å². The second-order valence-corrected chi connectivity index (χ2v) is 8.95. The Bertz CT molecular complexity index is 971. The zero-order chi connectivity index (χ0) is 16.8. The highest BCUT2D eigenvalue weighted by molar-refractivity contribution is 9.11. The van der Waals surface area contributed by atoms with Crippen LogP contribution in [-0.2, 0) is 10.0 Å². The first-order valence-electron chi connectivity index (χ1n) is 6.88. The van der Waals surface area contributed by atoms with Crippen molar-refractivity contribution in [1.82, 2.24) is 3.97 Å². The highest BCUT2D eigenvalue weighted by atomic mass is 79.9. The normalized spacial score (nSPS) is 21.4. The van der Waals surface area contributed by atoms with Gasteiger partial charge in [-0.3, -0.25) is 0 Å². The van der Waals surface area contributed by atoms with E-state index in [1.807, 2.05) is 6.08 Å². The second-order valence-electron chi connectivity index (χ2n) is 5.66. The lowest BCUT2D eigenvalue weighted by Gasteiger charge is -2.28. The third kappa shape index (κ3) is 2.53. The molecule has 0 fully saturated rings. The molecule has 0 spiro atoms. The quantitative estimate of drug-likeness (QED) is 0.862. The fourth-order valence-electron chi connectivity index (χ4n) is 2.67. The molecule has 1 N–H and O–H groups in total. The van der Waals surface area contributed by atoms with Crippen LogP contribution in [0.2, 0.25) is 0 Å². The molecule has 120 valence electrons. The van der Waals surface area contributed by atoms with E-state index in [1.54, 1.807) is 25.1 Å². The summed E-state index contributed by atoms with van der Waals surface area (Å²) in [7, 11) is -3.70. The average molecular weight is 396 g/mol. The number of carbonyl (C=O) groups is 1. The Morgan fingerprint density at radius 2 is 2.09 bits per heavy atom. The molecule has 1 aromatic carbocycles. The Balaban J connectivity index is 2.15. The molecule has 0 amide bonds. The van der Waals surface area contributed by atoms with Crippen LogP contribution >= 0.6 is 15.9 Å². The summed E-state index contributed by atoms with van der Waals surface area (Å²) in [5, 5.41) is 9.61. The van der Waals surface area contributed by atoms with Gasteiger partial charge >= 0.3 is 5.97 Å². The lowest BCUT2D eigenvalue weighted by Crippen LogP contribution is -2.38. The molecular formula is C16H14BrNO4S. The van der Waals surface area contributed by atoms with Crippen molar-refractivity contribution in [3.05, 3.63) is 58.7 Å². The number of hydrogen-bond donors (Lipinski definition) is 1. The molecule has 1 aromatic heterocycles. The van der Waals surface area contributed by atoms with Crippen molar-refractivity contribution in [1.29, 1.82) is 0 Å². The van der Waals surface area contributed by atoms with Crippen LogP contribution < -0.4 is 0 Å². The highest BCUT2D eigenvalue weighted by Gasteiger charge is 2.40. The molecule has 1 aliphatic carbocycles. The van der Waals surface area contributed by atoms with E-state index in [1.165, 1.54) is 28.4 Å². The molecule has 0 aliphatic heterocycles. The summed E-state index contributed by atoms with van der Waals surface area (Å²) >= 11 is 3.37. The second kappa shape index (κ2) is 5.35. The number of allylic oxidation sites excluding steroid dienone is 3. The number of hydrogen-bond acceptors (Lipinski definition) is 3. The number of benzene rings is 1. The van der Waals surface area contributed by atoms with E-state index in [0.717, 1.165) is 4.48 Å². The zero-order valence-electron chi connectivity index (χ0n) is 12.2. The number of aromatic carboxylic acids is 1. The van der Waals surface area contributed by atoms with E-state index in [4.69, 9.17) is 5.11 Å². The maximum absolute atomic E-state index is 13.1. The SMILES string of the molecule is CC1(S(=O)(=O)n2ccc3cc(C(=O)O)ccc32)C=CC=C(Br)C1. The minimum atomic E-state index is -3.70. The Hall–Kier alpha value is -1.86. The van der Waals surface area contributed by atoms with Gasteiger partial charge in [0.1, 0.15) is 4.75 Å². The van der Waals surface area contributed by atoms with Crippen LogP contribution in [0, 0.1) is 0 Å². The third-order valence-electron chi connectivity index (χ3n) is 4.00. The Morgan fingerprint density at radius 3 is 2.74 bits per heavy atom. The van der Waals surface area contributed by atoms with E-state index in [9.17, 15) is 13.2 Å². The molecular weight excluding hydrogens is 382 g/mol. The minimum absolute atomic E-state index is 0.127. The molecule has 3 rings (SSSR count). The lowest BCUT2D eigenvalue weighted by atomic mass is 10.0. The molecule has 2 aromatic rings. The summed E-state index contributed by atoms with van der Waals surface area (Å²) in [5.74, 6) is -1.04. The fourth-order valence-corrected chi connectivity index (χ4v) is 5.28. The number of aromatic nitrogens is 1. The molecule has 1 heterocycles. The van der Waals surface area contributed by atoms with Gasteiger partial charge in [-0.1, -0.05) is 34.2 Å². The van der Waals surface area contributed by atoms with Crippen molar-refractivity contribution in [2.24, 2.45) is 0 Å². The molecule has 5 nitrogen and oxygen atoms in total. The summed E-state index contributed by atoms with van der Waals surface area (Å²) in [6.07, 6.45) is 7.03. The van der Waals surface area contributed by atoms with Crippen molar-refractivity contribution in [3.8, 4) is 0 Å². The average Bonchev–Trinajstić information content (AvgIpc) is 2.90. The molecule has 0 radical (unpaired) electrons. The van der Waals surface area contributed by atoms with Crippen molar-refractivity contribution in [2.75, 3.05) is 0 Å². The van der Waals surface area contributed by atoms with Gasteiger partial charge in [0.25, 0.3) is 0 Å². The largest absolute Gasteiger partial charge is 0.478 e. The first-order valence-corrected chi connectivity index (χ1v) is 9.11.